The van der Waals surface area contributed by atoms with Gasteiger partial charge in [0.1, 0.15) is 35.5 Å². The largest absolute Gasteiger partial charge is 0.448 e. The van der Waals surface area contributed by atoms with Crippen molar-refractivity contribution >= 4 is 68.6 Å². The monoisotopic (exact) mass is 865 g/mol. The molecule has 6 aromatic rings. The number of hydrogen-bond donors (Lipinski definition) is 2. The Kier molecular flexibility index (Phi) is 12.5. The van der Waals surface area contributed by atoms with Gasteiger partial charge in [-0.05, 0) is 27.8 Å². The highest BCUT2D eigenvalue weighted by Crippen LogP contribution is 2.45. The SMILES string of the molecule is CO/N=C(\C(=O)NC1C(=O)N2C(C(=O)OC(c3ccccc3)c3ccccc3)=C(SC(C)=O)CS[C@H]12)c1csc(NC(c2ccccc2)(c2ccccc2)c2ccccc2)n1. The first-order valence-electron chi connectivity index (χ1n) is 19.3. The van der Waals surface area contributed by atoms with E-state index in [-0.39, 0.29) is 28.0 Å². The fraction of sp³-hybridized carbons (Fsp3) is 0.149. The summed E-state index contributed by atoms with van der Waals surface area (Å²) >= 11 is 3.51. The lowest BCUT2D eigenvalue weighted by molar-refractivity contribution is -0.154. The maximum atomic E-state index is 14.2. The average Bonchev–Trinajstić information content (AvgIpc) is 3.77. The fourth-order valence-corrected chi connectivity index (χ4v) is 10.5. The van der Waals surface area contributed by atoms with Gasteiger partial charge in [0.2, 0.25) is 0 Å². The molecule has 1 saturated heterocycles. The summed E-state index contributed by atoms with van der Waals surface area (Å²) in [5.74, 6) is -1.75. The number of thiazole rings is 1. The molecular weight excluding hydrogens is 827 g/mol. The Morgan fingerprint density at radius 2 is 1.31 bits per heavy atom. The van der Waals surface area contributed by atoms with Crippen LogP contribution in [-0.4, -0.2) is 62.8 Å². The Labute approximate surface area is 365 Å². The molecule has 11 nitrogen and oxygen atoms in total. The number of fused-ring (bicyclic) bond motifs is 1. The van der Waals surface area contributed by atoms with Crippen LogP contribution in [0.2, 0.25) is 0 Å². The van der Waals surface area contributed by atoms with E-state index in [4.69, 9.17) is 14.6 Å². The van der Waals surface area contributed by atoms with E-state index in [1.54, 1.807) is 5.38 Å². The van der Waals surface area contributed by atoms with Gasteiger partial charge in [-0.3, -0.25) is 19.3 Å². The number of anilines is 1. The molecule has 1 aromatic heterocycles. The van der Waals surface area contributed by atoms with Crippen LogP contribution in [0, 0.1) is 0 Å². The minimum absolute atomic E-state index is 0.0176. The molecule has 3 heterocycles. The molecule has 0 aliphatic carbocycles. The van der Waals surface area contributed by atoms with Crippen molar-refractivity contribution in [1.29, 1.82) is 0 Å². The van der Waals surface area contributed by atoms with Gasteiger partial charge >= 0.3 is 5.97 Å². The van der Waals surface area contributed by atoms with Crippen LogP contribution >= 0.6 is 34.9 Å². The third-order valence-corrected chi connectivity index (χ3v) is 13.3. The molecule has 8 rings (SSSR count). The second-order valence-corrected chi connectivity index (χ2v) is 17.2. The Hall–Kier alpha value is -6.48. The van der Waals surface area contributed by atoms with Gasteiger partial charge in [0.05, 0.1) is 0 Å². The summed E-state index contributed by atoms with van der Waals surface area (Å²) in [6, 6.07) is 47.7. The van der Waals surface area contributed by atoms with Gasteiger partial charge < -0.3 is 20.2 Å². The normalized spacial score (nSPS) is 16.3. The predicted octanol–water partition coefficient (Wildman–Crippen LogP) is 8.12. The summed E-state index contributed by atoms with van der Waals surface area (Å²) in [5.41, 5.74) is 3.61. The highest BCUT2D eigenvalue weighted by molar-refractivity contribution is 8.17. The molecule has 0 spiro atoms. The third kappa shape index (κ3) is 8.47. The van der Waals surface area contributed by atoms with E-state index >= 15 is 0 Å². The number of nitrogens with one attached hydrogen (secondary N) is 2. The van der Waals surface area contributed by atoms with Crippen LogP contribution in [0.4, 0.5) is 5.13 Å². The molecule has 2 aliphatic heterocycles. The van der Waals surface area contributed by atoms with E-state index in [0.717, 1.165) is 39.6 Å². The van der Waals surface area contributed by atoms with Crippen molar-refractivity contribution in [3.63, 3.8) is 0 Å². The van der Waals surface area contributed by atoms with E-state index in [2.05, 4.69) is 52.2 Å². The second kappa shape index (κ2) is 18.4. The molecule has 2 atom stereocenters. The topological polar surface area (TPSA) is 139 Å². The number of ether oxygens (including phenoxy) is 1. The minimum Gasteiger partial charge on any atom is -0.448 e. The summed E-state index contributed by atoms with van der Waals surface area (Å²) in [5, 5.41) is 11.9. The quantitative estimate of drug-likeness (QED) is 0.0363. The van der Waals surface area contributed by atoms with Gasteiger partial charge in [0, 0.05) is 23.0 Å². The van der Waals surface area contributed by atoms with E-state index < -0.39 is 40.8 Å². The van der Waals surface area contributed by atoms with Gasteiger partial charge in [-0.1, -0.05) is 169 Å². The van der Waals surface area contributed by atoms with Crippen LogP contribution in [0.3, 0.4) is 0 Å². The number of aromatic nitrogens is 1. The number of amides is 2. The number of benzene rings is 5. The van der Waals surface area contributed by atoms with Gasteiger partial charge in [0.15, 0.2) is 22.1 Å². The number of carbonyl (C=O) groups is 4. The molecule has 14 heteroatoms. The number of oxime groups is 1. The first-order chi connectivity index (χ1) is 29.8. The lowest BCUT2D eigenvalue weighted by atomic mass is 9.77. The number of esters is 1. The standard InChI is InChI=1S/C47H39N5O6S3/c1-30(53)61-37-29-59-44-39(43(55)52(44)40(37)45(56)58-41(31-18-8-3-9-19-31)32-20-10-4-11-21-32)49-42(54)38(51-57-2)36-28-60-46(48-36)50-47(33-22-12-5-13-23-33,34-24-14-6-15-25-34)35-26-16-7-17-27-35/h3-28,39,41,44H,29H2,1-2H3,(H,48,50)(H,49,54)/b51-38-/t39?,44-/m1/s1. The Morgan fingerprint density at radius 1 is 0.803 bits per heavy atom. The molecule has 2 amide bonds. The molecule has 0 saturated carbocycles. The molecule has 306 valence electrons. The molecule has 2 aliphatic rings. The van der Waals surface area contributed by atoms with Crippen molar-refractivity contribution in [3.8, 4) is 0 Å². The number of thioether (sulfide) groups is 2. The van der Waals surface area contributed by atoms with Gasteiger partial charge in [0.25, 0.3) is 11.8 Å². The van der Waals surface area contributed by atoms with Crippen molar-refractivity contribution in [3.05, 3.63) is 201 Å². The summed E-state index contributed by atoms with van der Waals surface area (Å²) in [6.07, 6.45) is -0.783. The molecule has 5 aromatic carbocycles. The van der Waals surface area contributed by atoms with Gasteiger partial charge in [-0.15, -0.1) is 23.1 Å². The number of nitrogens with zero attached hydrogens (tertiary/aromatic N) is 3. The summed E-state index contributed by atoms with van der Waals surface area (Å²) in [6.45, 7) is 1.40. The maximum Gasteiger partial charge on any atom is 0.356 e. The highest BCUT2D eigenvalue weighted by atomic mass is 32.2. The van der Waals surface area contributed by atoms with Crippen LogP contribution in [0.5, 0.6) is 0 Å². The Morgan fingerprint density at radius 3 is 1.80 bits per heavy atom. The van der Waals surface area contributed by atoms with Crippen molar-refractivity contribution < 1.29 is 28.8 Å². The Balaban J connectivity index is 1.05. The van der Waals surface area contributed by atoms with Crippen molar-refractivity contribution in [2.24, 2.45) is 5.16 Å². The average molecular weight is 866 g/mol. The number of hydrogen-bond acceptors (Lipinski definition) is 12. The van der Waals surface area contributed by atoms with Gasteiger partial charge in [-0.2, -0.15) is 0 Å². The Bertz CT molecular complexity index is 2460. The number of rotatable bonds is 14. The number of β-lactam (4-membered cyclic amide) rings is 1. The molecule has 1 fully saturated rings. The van der Waals surface area contributed by atoms with E-state index in [0.29, 0.717) is 10.0 Å². The highest BCUT2D eigenvalue weighted by Gasteiger charge is 2.55. The molecule has 1 unspecified atom stereocenters. The lowest BCUT2D eigenvalue weighted by Crippen LogP contribution is -2.71. The van der Waals surface area contributed by atoms with E-state index in [1.165, 1.54) is 42.0 Å². The van der Waals surface area contributed by atoms with Gasteiger partial charge in [-0.25, -0.2) is 9.78 Å². The molecular formula is C47H39N5O6S3. The summed E-state index contributed by atoms with van der Waals surface area (Å²) in [7, 11) is 1.33. The summed E-state index contributed by atoms with van der Waals surface area (Å²) < 4.78 is 6.18. The van der Waals surface area contributed by atoms with E-state index in [9.17, 15) is 19.2 Å². The van der Waals surface area contributed by atoms with Crippen molar-refractivity contribution in [1.82, 2.24) is 15.2 Å². The zero-order chi connectivity index (χ0) is 42.3. The second-order valence-electron chi connectivity index (χ2n) is 14.0. The molecule has 0 radical (unpaired) electrons. The zero-order valence-corrected chi connectivity index (χ0v) is 35.4. The summed E-state index contributed by atoms with van der Waals surface area (Å²) in [4.78, 5) is 66.4. The zero-order valence-electron chi connectivity index (χ0n) is 33.0. The lowest BCUT2D eigenvalue weighted by Gasteiger charge is -2.49. The first-order valence-corrected chi connectivity index (χ1v) is 22.0. The molecule has 2 N–H and O–H groups in total. The van der Waals surface area contributed by atoms with E-state index in [1.807, 2.05) is 115 Å². The van der Waals surface area contributed by atoms with Crippen molar-refractivity contribution in [2.75, 3.05) is 18.2 Å². The predicted molar refractivity (Wildman–Crippen MR) is 240 cm³/mol. The molecule has 61 heavy (non-hydrogen) atoms. The first kappa shape index (κ1) is 41.3. The third-order valence-electron chi connectivity index (χ3n) is 10.2. The maximum absolute atomic E-state index is 14.2. The van der Waals surface area contributed by atoms with Crippen LogP contribution in [0.1, 0.15) is 46.5 Å². The van der Waals surface area contributed by atoms with Crippen LogP contribution in [0.25, 0.3) is 0 Å². The number of carbonyl (C=O) groups excluding carboxylic acids is 4. The minimum atomic E-state index is -1.02. The van der Waals surface area contributed by atoms with Crippen molar-refractivity contribution in [2.45, 2.75) is 30.0 Å². The van der Waals surface area contributed by atoms with Crippen LogP contribution in [0.15, 0.2) is 173 Å². The smallest absolute Gasteiger partial charge is 0.356 e. The van der Waals surface area contributed by atoms with Crippen LogP contribution < -0.4 is 10.6 Å². The fourth-order valence-electron chi connectivity index (χ4n) is 7.47. The molecule has 0 bridgehead atoms. The van der Waals surface area contributed by atoms with Crippen LogP contribution in [-0.2, 0) is 34.3 Å².